The Bertz CT molecular complexity index is 1250. The number of halogens is 2. The van der Waals surface area contributed by atoms with Crippen LogP contribution in [0.2, 0.25) is 10.0 Å². The van der Waals surface area contributed by atoms with Crippen LogP contribution in [-0.2, 0) is 17.9 Å². The third kappa shape index (κ3) is 5.41. The average molecular weight is 514 g/mol. The van der Waals surface area contributed by atoms with Crippen LogP contribution in [0.25, 0.3) is 6.08 Å². The summed E-state index contributed by atoms with van der Waals surface area (Å²) in [6.45, 7) is 2.40. The lowest BCUT2D eigenvalue weighted by atomic mass is 10.1. The first kappa shape index (κ1) is 24.2. The molecule has 8 heteroatoms. The predicted molar refractivity (Wildman–Crippen MR) is 136 cm³/mol. The molecule has 3 aromatic carbocycles. The number of aryl methyl sites for hydroxylation is 1. The topological polar surface area (TPSA) is 55.8 Å². The van der Waals surface area contributed by atoms with Crippen molar-refractivity contribution in [3.63, 3.8) is 0 Å². The van der Waals surface area contributed by atoms with Crippen LogP contribution >= 0.6 is 35.0 Å². The summed E-state index contributed by atoms with van der Waals surface area (Å²) < 4.78 is 11.3. The molecule has 1 fully saturated rings. The van der Waals surface area contributed by atoms with Gasteiger partial charge in [0, 0.05) is 15.6 Å². The molecule has 0 unspecified atom stereocenters. The molecule has 5 nitrogen and oxygen atoms in total. The molecule has 3 aromatic rings. The third-order valence-electron chi connectivity index (χ3n) is 5.25. The summed E-state index contributed by atoms with van der Waals surface area (Å²) in [6, 6.07) is 18.3. The molecule has 0 aliphatic carbocycles. The Balaban J connectivity index is 1.50. The van der Waals surface area contributed by atoms with Crippen LogP contribution in [0, 0.1) is 6.92 Å². The molecule has 4 rings (SSSR count). The molecule has 1 saturated heterocycles. The van der Waals surface area contributed by atoms with E-state index in [1.807, 2.05) is 31.2 Å². The predicted octanol–water partition coefficient (Wildman–Crippen LogP) is 7.13. The standard InChI is InChI=1S/C26H21Cl2NO4S/c1-16-6-8-17(9-7-16)14-29-25(30)24(34-26(29)31)13-18-10-11-22(23(12-18)32-2)33-15-19-20(27)4-3-5-21(19)28/h3-13H,14-15H2,1-2H3/b24-13-. The second-order valence-corrected chi connectivity index (χ2v) is 9.46. The summed E-state index contributed by atoms with van der Waals surface area (Å²) in [4.78, 5) is 27.0. The van der Waals surface area contributed by atoms with E-state index in [1.54, 1.807) is 42.5 Å². The number of nitrogens with zero attached hydrogens (tertiary/aromatic N) is 1. The Morgan fingerprint density at radius 1 is 0.971 bits per heavy atom. The van der Waals surface area contributed by atoms with E-state index in [4.69, 9.17) is 32.7 Å². The van der Waals surface area contributed by atoms with E-state index >= 15 is 0 Å². The summed E-state index contributed by atoms with van der Waals surface area (Å²) in [7, 11) is 1.53. The van der Waals surface area contributed by atoms with E-state index in [9.17, 15) is 9.59 Å². The van der Waals surface area contributed by atoms with Gasteiger partial charge in [0.1, 0.15) is 6.61 Å². The highest BCUT2D eigenvalue weighted by Gasteiger charge is 2.35. The maximum atomic E-state index is 12.9. The van der Waals surface area contributed by atoms with Gasteiger partial charge in [-0.3, -0.25) is 14.5 Å². The van der Waals surface area contributed by atoms with Gasteiger partial charge in [0.2, 0.25) is 0 Å². The van der Waals surface area contributed by atoms with Gasteiger partial charge in [-0.1, -0.05) is 65.2 Å². The second-order valence-electron chi connectivity index (χ2n) is 7.65. The summed E-state index contributed by atoms with van der Waals surface area (Å²) in [5, 5.41) is 0.745. The number of benzene rings is 3. The van der Waals surface area contributed by atoms with E-state index in [0.29, 0.717) is 37.6 Å². The fourth-order valence-electron chi connectivity index (χ4n) is 3.38. The molecule has 0 spiro atoms. The largest absolute Gasteiger partial charge is 0.493 e. The van der Waals surface area contributed by atoms with Gasteiger partial charge in [-0.2, -0.15) is 0 Å². The first-order valence-corrected chi connectivity index (χ1v) is 12.0. The summed E-state index contributed by atoms with van der Waals surface area (Å²) >= 11 is 13.4. The third-order valence-corrected chi connectivity index (χ3v) is 6.87. The molecule has 0 aromatic heterocycles. The Hall–Kier alpha value is -2.93. The Morgan fingerprint density at radius 3 is 2.35 bits per heavy atom. The second kappa shape index (κ2) is 10.6. The number of hydrogen-bond donors (Lipinski definition) is 0. The first-order chi connectivity index (χ1) is 16.4. The van der Waals surface area contributed by atoms with Gasteiger partial charge in [-0.05, 0) is 60.2 Å². The van der Waals surface area contributed by atoms with Gasteiger partial charge in [0.15, 0.2) is 11.5 Å². The lowest BCUT2D eigenvalue weighted by Gasteiger charge is -2.13. The molecule has 174 valence electrons. The average Bonchev–Trinajstić information content (AvgIpc) is 3.08. The number of carbonyl (C=O) groups is 2. The van der Waals surface area contributed by atoms with Crippen molar-refractivity contribution in [3.05, 3.63) is 97.9 Å². The SMILES string of the molecule is COc1cc(/C=C2\SC(=O)N(Cc3ccc(C)cc3)C2=O)ccc1OCc1c(Cl)cccc1Cl. The highest BCUT2D eigenvalue weighted by Crippen LogP contribution is 2.36. The molecule has 1 aliphatic rings. The van der Waals surface area contributed by atoms with Crippen molar-refractivity contribution in [2.24, 2.45) is 0 Å². The highest BCUT2D eigenvalue weighted by molar-refractivity contribution is 8.18. The van der Waals surface area contributed by atoms with Gasteiger partial charge >= 0.3 is 0 Å². The Morgan fingerprint density at radius 2 is 1.68 bits per heavy atom. The summed E-state index contributed by atoms with van der Waals surface area (Å²) in [6.07, 6.45) is 1.68. The van der Waals surface area contributed by atoms with Gasteiger partial charge in [0.25, 0.3) is 11.1 Å². The molecule has 0 N–H and O–H groups in total. The molecule has 34 heavy (non-hydrogen) atoms. The monoisotopic (exact) mass is 513 g/mol. The minimum atomic E-state index is -0.316. The van der Waals surface area contributed by atoms with Crippen LogP contribution in [0.3, 0.4) is 0 Å². The zero-order valence-electron chi connectivity index (χ0n) is 18.5. The van der Waals surface area contributed by atoms with Crippen molar-refractivity contribution in [3.8, 4) is 11.5 Å². The van der Waals surface area contributed by atoms with Crippen molar-refractivity contribution < 1.29 is 19.1 Å². The molecule has 0 bridgehead atoms. The van der Waals surface area contributed by atoms with Gasteiger partial charge < -0.3 is 9.47 Å². The van der Waals surface area contributed by atoms with Gasteiger partial charge in [-0.15, -0.1) is 0 Å². The van der Waals surface area contributed by atoms with Crippen LogP contribution in [0.4, 0.5) is 4.79 Å². The Labute approximate surface area is 212 Å². The van der Waals surface area contributed by atoms with E-state index in [1.165, 1.54) is 12.0 Å². The zero-order chi connectivity index (χ0) is 24.2. The normalized spacial score (nSPS) is 14.7. The van der Waals surface area contributed by atoms with Crippen LogP contribution in [0.1, 0.15) is 22.3 Å². The summed E-state index contributed by atoms with van der Waals surface area (Å²) in [5.74, 6) is 0.669. The van der Waals surface area contributed by atoms with Gasteiger partial charge in [-0.25, -0.2) is 0 Å². The van der Waals surface area contributed by atoms with Crippen LogP contribution in [-0.4, -0.2) is 23.2 Å². The zero-order valence-corrected chi connectivity index (χ0v) is 20.8. The fourth-order valence-corrected chi connectivity index (χ4v) is 4.72. The molecule has 2 amide bonds. The maximum Gasteiger partial charge on any atom is 0.293 e. The molecular formula is C26H21Cl2NO4S. The van der Waals surface area contributed by atoms with Crippen molar-refractivity contribution in [1.29, 1.82) is 0 Å². The van der Waals surface area contributed by atoms with Crippen molar-refractivity contribution >= 4 is 52.2 Å². The number of rotatable bonds is 7. The lowest BCUT2D eigenvalue weighted by molar-refractivity contribution is -0.123. The van der Waals surface area contributed by atoms with E-state index in [-0.39, 0.29) is 24.3 Å². The van der Waals surface area contributed by atoms with Gasteiger partial charge in [0.05, 0.1) is 18.6 Å². The quantitative estimate of drug-likeness (QED) is 0.314. The molecule has 1 heterocycles. The van der Waals surface area contributed by atoms with Crippen LogP contribution < -0.4 is 9.47 Å². The maximum absolute atomic E-state index is 12.9. The van der Waals surface area contributed by atoms with Crippen LogP contribution in [0.15, 0.2) is 65.6 Å². The molecule has 0 saturated carbocycles. The smallest absolute Gasteiger partial charge is 0.293 e. The van der Waals surface area contributed by atoms with E-state index < -0.39 is 0 Å². The minimum absolute atomic E-state index is 0.173. The number of carbonyl (C=O) groups excluding carboxylic acids is 2. The minimum Gasteiger partial charge on any atom is -0.493 e. The van der Waals surface area contributed by atoms with E-state index in [2.05, 4.69) is 0 Å². The summed E-state index contributed by atoms with van der Waals surface area (Å²) in [5.41, 5.74) is 3.41. The van der Waals surface area contributed by atoms with Crippen molar-refractivity contribution in [1.82, 2.24) is 4.90 Å². The molecule has 1 aliphatic heterocycles. The van der Waals surface area contributed by atoms with Crippen molar-refractivity contribution in [2.75, 3.05) is 7.11 Å². The number of methoxy groups -OCH3 is 1. The highest BCUT2D eigenvalue weighted by atomic mass is 35.5. The number of imide groups is 1. The number of thioether (sulfide) groups is 1. The Kier molecular flexibility index (Phi) is 7.51. The first-order valence-electron chi connectivity index (χ1n) is 10.4. The lowest BCUT2D eigenvalue weighted by Crippen LogP contribution is -2.27. The number of hydrogen-bond acceptors (Lipinski definition) is 5. The fraction of sp³-hybridized carbons (Fsp3) is 0.154. The van der Waals surface area contributed by atoms with Crippen LogP contribution in [0.5, 0.6) is 11.5 Å². The van der Waals surface area contributed by atoms with E-state index in [0.717, 1.165) is 22.9 Å². The molecule has 0 atom stereocenters. The number of ether oxygens (including phenoxy) is 2. The van der Waals surface area contributed by atoms with Crippen molar-refractivity contribution in [2.45, 2.75) is 20.1 Å². The molecular weight excluding hydrogens is 493 g/mol. The number of amides is 2. The molecule has 0 radical (unpaired) electrons.